The van der Waals surface area contributed by atoms with Gasteiger partial charge < -0.3 is 30.0 Å². The SMILES string of the molecule is [2H]C([2H])([2H])Oc1cc(OC(F)(F)F)ccc1Oc1cc(C2=CCOC2)cc(F)c1C(=O)Nc1ccnc(C(N)=O)c1. The van der Waals surface area contributed by atoms with E-state index >= 15 is 4.39 Å². The number of hydrogen-bond donors (Lipinski definition) is 2. The number of halogens is 4. The molecule has 3 aromatic rings. The number of primary amides is 1. The van der Waals surface area contributed by atoms with Crippen LogP contribution in [0.2, 0.25) is 0 Å². The van der Waals surface area contributed by atoms with Gasteiger partial charge in [0.2, 0.25) is 0 Å². The van der Waals surface area contributed by atoms with Crippen molar-refractivity contribution in [2.24, 2.45) is 5.73 Å². The molecule has 0 atom stereocenters. The Morgan fingerprint density at radius 3 is 2.63 bits per heavy atom. The van der Waals surface area contributed by atoms with Crippen molar-refractivity contribution in [2.75, 3.05) is 25.6 Å². The van der Waals surface area contributed by atoms with Crippen LogP contribution < -0.4 is 25.3 Å². The van der Waals surface area contributed by atoms with E-state index in [0.717, 1.165) is 24.3 Å². The molecule has 0 bridgehead atoms. The summed E-state index contributed by atoms with van der Waals surface area (Å²) in [5.41, 5.74) is 5.18. The van der Waals surface area contributed by atoms with Gasteiger partial charge in [-0.3, -0.25) is 14.6 Å². The third-order valence-corrected chi connectivity index (χ3v) is 5.11. The summed E-state index contributed by atoms with van der Waals surface area (Å²) < 4.78 is 95.4. The van der Waals surface area contributed by atoms with Gasteiger partial charge in [0.25, 0.3) is 11.8 Å². The van der Waals surface area contributed by atoms with Gasteiger partial charge in [-0.1, -0.05) is 6.08 Å². The number of alkyl halides is 3. The van der Waals surface area contributed by atoms with Crippen molar-refractivity contribution in [3.63, 3.8) is 0 Å². The van der Waals surface area contributed by atoms with E-state index in [2.05, 4.69) is 15.0 Å². The molecule has 9 nitrogen and oxygen atoms in total. The first-order valence-corrected chi connectivity index (χ1v) is 10.6. The van der Waals surface area contributed by atoms with E-state index in [9.17, 15) is 22.8 Å². The van der Waals surface area contributed by atoms with Gasteiger partial charge in [-0.2, -0.15) is 0 Å². The molecule has 38 heavy (non-hydrogen) atoms. The number of anilines is 1. The molecule has 0 aliphatic carbocycles. The van der Waals surface area contributed by atoms with Gasteiger partial charge in [0, 0.05) is 18.0 Å². The number of aromatic nitrogens is 1. The number of nitrogens with zero attached hydrogens (tertiary/aromatic N) is 1. The fourth-order valence-electron chi connectivity index (χ4n) is 3.46. The van der Waals surface area contributed by atoms with Crippen molar-refractivity contribution in [3.05, 3.63) is 77.4 Å². The highest BCUT2D eigenvalue weighted by Crippen LogP contribution is 2.39. The highest BCUT2D eigenvalue weighted by molar-refractivity contribution is 6.07. The quantitative estimate of drug-likeness (QED) is 0.401. The Kier molecular flexibility index (Phi) is 6.38. The molecule has 1 aliphatic rings. The Morgan fingerprint density at radius 1 is 1.13 bits per heavy atom. The number of amides is 2. The lowest BCUT2D eigenvalue weighted by Crippen LogP contribution is -2.18. The third-order valence-electron chi connectivity index (χ3n) is 5.11. The molecule has 13 heteroatoms. The Balaban J connectivity index is 1.78. The van der Waals surface area contributed by atoms with Crippen LogP contribution in [0, 0.1) is 5.82 Å². The van der Waals surface area contributed by atoms with Gasteiger partial charge >= 0.3 is 6.36 Å². The normalized spacial score (nSPS) is 14.5. The summed E-state index contributed by atoms with van der Waals surface area (Å²) in [6.45, 7) is 0.366. The summed E-state index contributed by atoms with van der Waals surface area (Å²) in [6.07, 6.45) is -2.25. The molecule has 3 N–H and O–H groups in total. The Labute approximate surface area is 217 Å². The minimum Gasteiger partial charge on any atom is -0.493 e. The van der Waals surface area contributed by atoms with E-state index < -0.39 is 59.6 Å². The smallest absolute Gasteiger partial charge is 0.493 e. The Morgan fingerprint density at radius 2 is 1.95 bits per heavy atom. The number of nitrogens with two attached hydrogens (primary N) is 1. The first-order chi connectivity index (χ1) is 19.2. The molecule has 0 radical (unpaired) electrons. The molecular weight excluding hydrogens is 514 g/mol. The zero-order valence-electron chi connectivity index (χ0n) is 22.1. The minimum atomic E-state index is -5.10. The van der Waals surface area contributed by atoms with Crippen molar-refractivity contribution >= 4 is 23.1 Å². The van der Waals surface area contributed by atoms with E-state index in [1.807, 2.05) is 0 Å². The van der Waals surface area contributed by atoms with Crippen molar-refractivity contribution in [1.82, 2.24) is 4.98 Å². The first-order valence-electron chi connectivity index (χ1n) is 12.1. The second-order valence-electron chi connectivity index (χ2n) is 7.68. The number of pyridine rings is 1. The van der Waals surface area contributed by atoms with E-state index in [-0.39, 0.29) is 30.2 Å². The predicted molar refractivity (Wildman–Crippen MR) is 126 cm³/mol. The van der Waals surface area contributed by atoms with Gasteiger partial charge in [-0.25, -0.2) is 4.39 Å². The van der Waals surface area contributed by atoms with E-state index in [1.165, 1.54) is 18.3 Å². The molecule has 2 heterocycles. The molecule has 0 spiro atoms. The number of benzene rings is 2. The summed E-state index contributed by atoms with van der Waals surface area (Å²) in [5, 5.41) is 2.38. The van der Waals surface area contributed by atoms with E-state index in [1.54, 1.807) is 6.08 Å². The molecule has 0 saturated heterocycles. The monoisotopic (exact) mass is 536 g/mol. The number of carbonyl (C=O) groups is 2. The molecule has 0 unspecified atom stereocenters. The molecule has 1 aliphatic heterocycles. The predicted octanol–water partition coefficient (Wildman–Crippen LogP) is 4.69. The molecule has 1 aromatic heterocycles. The number of ether oxygens (including phenoxy) is 4. The van der Waals surface area contributed by atoms with Gasteiger partial charge in [0.05, 0.1) is 24.4 Å². The number of nitrogens with one attached hydrogen (secondary N) is 1. The standard InChI is InChI=1S/C25H19F4N3O6/c1-35-20-11-16(38-25(27,28)29)2-3-19(20)37-21-9-14(13-5-7-36-12-13)8-17(26)22(21)24(34)32-15-4-6-31-18(10-15)23(30)33/h2-6,8-11H,7,12H2,1H3,(H2,30,33)(H,31,32,34)/i1D3. The Hall–Kier alpha value is -4.65. The highest BCUT2D eigenvalue weighted by atomic mass is 19.4. The zero-order chi connectivity index (χ0) is 29.9. The van der Waals surface area contributed by atoms with Crippen LogP contribution in [0.25, 0.3) is 5.57 Å². The zero-order valence-corrected chi connectivity index (χ0v) is 19.1. The van der Waals surface area contributed by atoms with Crippen LogP contribution in [0.4, 0.5) is 23.2 Å². The van der Waals surface area contributed by atoms with Gasteiger partial charge in [-0.15, -0.1) is 13.2 Å². The fourth-order valence-corrected chi connectivity index (χ4v) is 3.46. The molecule has 0 fully saturated rings. The van der Waals surface area contributed by atoms with Crippen molar-refractivity contribution in [3.8, 4) is 23.0 Å². The lowest BCUT2D eigenvalue weighted by molar-refractivity contribution is -0.274. The summed E-state index contributed by atoms with van der Waals surface area (Å²) in [5.74, 6) is -5.47. The van der Waals surface area contributed by atoms with Crippen LogP contribution in [-0.2, 0) is 4.74 Å². The molecule has 0 saturated carbocycles. The molecule has 2 amide bonds. The van der Waals surface area contributed by atoms with Crippen LogP contribution in [0.15, 0.2) is 54.7 Å². The van der Waals surface area contributed by atoms with Crippen LogP contribution in [0.5, 0.6) is 23.0 Å². The number of methoxy groups -OCH3 is 1. The summed E-state index contributed by atoms with van der Waals surface area (Å²) in [6, 6.07) is 7.09. The van der Waals surface area contributed by atoms with Gasteiger partial charge in [0.15, 0.2) is 11.5 Å². The number of hydrogen-bond acceptors (Lipinski definition) is 7. The lowest BCUT2D eigenvalue weighted by Gasteiger charge is -2.17. The van der Waals surface area contributed by atoms with Crippen molar-refractivity contribution < 1.29 is 50.2 Å². The summed E-state index contributed by atoms with van der Waals surface area (Å²) >= 11 is 0. The van der Waals surface area contributed by atoms with E-state index in [0.29, 0.717) is 11.6 Å². The lowest BCUT2D eigenvalue weighted by atomic mass is 10.0. The topological polar surface area (TPSA) is 122 Å². The second-order valence-corrected chi connectivity index (χ2v) is 7.68. The van der Waals surface area contributed by atoms with Crippen molar-refractivity contribution in [1.29, 1.82) is 0 Å². The molecule has 4 rings (SSSR count). The average molecular weight is 536 g/mol. The fraction of sp³-hybridized carbons (Fsp3) is 0.160. The van der Waals surface area contributed by atoms with Crippen LogP contribution in [0.3, 0.4) is 0 Å². The highest BCUT2D eigenvalue weighted by Gasteiger charge is 2.31. The van der Waals surface area contributed by atoms with Gasteiger partial charge in [0.1, 0.15) is 28.6 Å². The first kappa shape index (κ1) is 22.5. The van der Waals surface area contributed by atoms with Crippen LogP contribution >= 0.6 is 0 Å². The summed E-state index contributed by atoms with van der Waals surface area (Å²) in [7, 11) is -3.13. The minimum absolute atomic E-state index is 0.0280. The molecular formula is C25H19F4N3O6. The summed E-state index contributed by atoms with van der Waals surface area (Å²) in [4.78, 5) is 28.4. The maximum absolute atomic E-state index is 15.5. The third kappa shape index (κ3) is 6.18. The van der Waals surface area contributed by atoms with Crippen molar-refractivity contribution in [2.45, 2.75) is 6.36 Å². The molecule has 2 aromatic carbocycles. The largest absolute Gasteiger partial charge is 0.573 e. The number of carbonyl (C=O) groups excluding carboxylic acids is 2. The molecule has 198 valence electrons. The second kappa shape index (κ2) is 10.8. The van der Waals surface area contributed by atoms with E-state index in [4.69, 9.17) is 24.1 Å². The Bertz CT molecular complexity index is 1530. The maximum Gasteiger partial charge on any atom is 0.573 e. The average Bonchev–Trinajstić information content (AvgIpc) is 3.39. The maximum atomic E-state index is 15.5. The van der Waals surface area contributed by atoms with Gasteiger partial charge in [-0.05, 0) is 47.5 Å². The number of rotatable bonds is 8. The van der Waals surface area contributed by atoms with Crippen LogP contribution in [-0.4, -0.2) is 43.4 Å². The van der Waals surface area contributed by atoms with Crippen LogP contribution in [0.1, 0.15) is 30.5 Å².